The van der Waals surface area contributed by atoms with Crippen molar-refractivity contribution in [1.82, 2.24) is 0 Å². The molecule has 1 heterocycles. The van der Waals surface area contributed by atoms with Gasteiger partial charge in [0.1, 0.15) is 5.75 Å². The zero-order valence-corrected chi connectivity index (χ0v) is 17.4. The minimum atomic E-state index is -0.158. The Labute approximate surface area is 169 Å². The van der Waals surface area contributed by atoms with Gasteiger partial charge in [-0.15, -0.1) is 0 Å². The van der Waals surface area contributed by atoms with Crippen molar-refractivity contribution in [2.24, 2.45) is 0 Å². The molecule has 142 valence electrons. The van der Waals surface area contributed by atoms with Gasteiger partial charge in [0.15, 0.2) is 0 Å². The van der Waals surface area contributed by atoms with Gasteiger partial charge in [-0.2, -0.15) is 0 Å². The molecule has 0 N–H and O–H groups in total. The number of fused-ring (bicyclic) bond motifs is 1. The Kier molecular flexibility index (Phi) is 4.93. The fourth-order valence-corrected chi connectivity index (χ4v) is 4.26. The lowest BCUT2D eigenvalue weighted by Crippen LogP contribution is -2.50. The van der Waals surface area contributed by atoms with Gasteiger partial charge < -0.3 is 9.47 Å². The van der Waals surface area contributed by atoms with E-state index in [-0.39, 0.29) is 7.05 Å². The molecule has 0 aromatic heterocycles. The second-order valence-electron chi connectivity index (χ2n) is 8.26. The first-order valence-electron chi connectivity index (χ1n) is 10.2. The second-order valence-corrected chi connectivity index (χ2v) is 8.26. The van der Waals surface area contributed by atoms with Crippen molar-refractivity contribution < 1.29 is 4.65 Å². The predicted octanol–water partition coefficient (Wildman–Crippen LogP) is 6.17. The van der Waals surface area contributed by atoms with Gasteiger partial charge in [-0.3, -0.25) is 0 Å². The van der Waals surface area contributed by atoms with Crippen LogP contribution in [0.3, 0.4) is 0 Å². The summed E-state index contributed by atoms with van der Waals surface area (Å²) in [7, 11) is -0.158. The first-order valence-corrected chi connectivity index (χ1v) is 10.2. The number of hydrogen-bond acceptors (Lipinski definition) is 2. The average Bonchev–Trinajstić information content (AvgIpc) is 3.08. The highest BCUT2D eigenvalue weighted by molar-refractivity contribution is 6.75. The Morgan fingerprint density at radius 3 is 1.96 bits per heavy atom. The number of rotatable bonds is 4. The van der Waals surface area contributed by atoms with Crippen LogP contribution in [-0.2, 0) is 0 Å². The van der Waals surface area contributed by atoms with Crippen LogP contribution in [0.15, 0.2) is 66.7 Å². The molecule has 0 fully saturated rings. The van der Waals surface area contributed by atoms with Crippen LogP contribution in [0.1, 0.15) is 56.2 Å². The maximum absolute atomic E-state index is 6.65. The summed E-state index contributed by atoms with van der Waals surface area (Å²) in [5, 5.41) is 0. The third-order valence-electron chi connectivity index (χ3n) is 5.61. The van der Waals surface area contributed by atoms with Gasteiger partial charge in [0, 0.05) is 5.69 Å². The van der Waals surface area contributed by atoms with Gasteiger partial charge in [0.05, 0.1) is 5.69 Å². The van der Waals surface area contributed by atoms with Crippen LogP contribution in [-0.4, -0.2) is 7.05 Å². The van der Waals surface area contributed by atoms with E-state index >= 15 is 0 Å². The molecule has 1 aliphatic rings. The monoisotopic (exact) mass is 369 g/mol. The Bertz CT molecular complexity index is 955. The van der Waals surface area contributed by atoms with E-state index in [4.69, 9.17) is 4.65 Å². The third kappa shape index (κ3) is 3.09. The lowest BCUT2D eigenvalue weighted by Gasteiger charge is -2.28. The van der Waals surface area contributed by atoms with Crippen molar-refractivity contribution in [1.29, 1.82) is 0 Å². The number of para-hydroxylation sites is 2. The standard InChI is InChI=1S/C25H28BNO/c1-17(2)21-14-10-15-22(18(3)4)24(21)26-27(20-12-7-6-8-13-20)25-19(5)11-9-16-23(25)28-26/h6-18H,1-5H3. The van der Waals surface area contributed by atoms with E-state index in [9.17, 15) is 0 Å². The second kappa shape index (κ2) is 7.39. The summed E-state index contributed by atoms with van der Waals surface area (Å²) < 4.78 is 6.65. The summed E-state index contributed by atoms with van der Waals surface area (Å²) in [6, 6.07) is 23.6. The van der Waals surface area contributed by atoms with Gasteiger partial charge in [-0.1, -0.05) is 76.2 Å². The quantitative estimate of drug-likeness (QED) is 0.510. The van der Waals surface area contributed by atoms with Crippen LogP contribution in [0.4, 0.5) is 11.4 Å². The molecule has 0 saturated carbocycles. The molecule has 3 heteroatoms. The first-order chi connectivity index (χ1) is 13.5. The molecule has 0 radical (unpaired) electrons. The molecule has 3 aromatic carbocycles. The summed E-state index contributed by atoms with van der Waals surface area (Å²) in [5.74, 6) is 1.82. The van der Waals surface area contributed by atoms with Crippen molar-refractivity contribution in [2.75, 3.05) is 4.81 Å². The molecule has 0 bridgehead atoms. The molecule has 0 atom stereocenters. The average molecular weight is 369 g/mol. The molecule has 3 aromatic rings. The van der Waals surface area contributed by atoms with E-state index in [1.165, 1.54) is 27.8 Å². The van der Waals surface area contributed by atoms with E-state index in [0.717, 1.165) is 11.4 Å². The van der Waals surface area contributed by atoms with Crippen LogP contribution in [0.25, 0.3) is 0 Å². The highest BCUT2D eigenvalue weighted by Crippen LogP contribution is 2.43. The molecule has 0 unspecified atom stereocenters. The van der Waals surface area contributed by atoms with Crippen molar-refractivity contribution in [3.63, 3.8) is 0 Å². The fourth-order valence-electron chi connectivity index (χ4n) is 4.26. The Morgan fingerprint density at radius 2 is 1.36 bits per heavy atom. The molecule has 0 amide bonds. The van der Waals surface area contributed by atoms with Gasteiger partial charge in [-0.05, 0) is 59.1 Å². The van der Waals surface area contributed by atoms with Crippen LogP contribution in [0.5, 0.6) is 5.75 Å². The number of nitrogens with zero attached hydrogens (tertiary/aromatic N) is 1. The SMILES string of the molecule is Cc1cccc2c1N(c1ccccc1)B(c1c(C(C)C)cccc1C(C)C)O2. The van der Waals surface area contributed by atoms with E-state index in [1.54, 1.807) is 0 Å². The van der Waals surface area contributed by atoms with E-state index in [1.807, 2.05) is 0 Å². The molecule has 0 saturated heterocycles. The Hall–Kier alpha value is -2.68. The number of aryl methyl sites for hydroxylation is 1. The Morgan fingerprint density at radius 1 is 0.750 bits per heavy atom. The van der Waals surface area contributed by atoms with Crippen LogP contribution in [0.2, 0.25) is 0 Å². The van der Waals surface area contributed by atoms with Crippen LogP contribution >= 0.6 is 0 Å². The first kappa shape index (κ1) is 18.7. The normalized spacial score (nSPS) is 13.2. The van der Waals surface area contributed by atoms with Crippen molar-refractivity contribution >= 4 is 23.9 Å². The highest BCUT2D eigenvalue weighted by Gasteiger charge is 2.43. The maximum atomic E-state index is 6.65. The minimum Gasteiger partial charge on any atom is -0.536 e. The van der Waals surface area contributed by atoms with E-state index in [0.29, 0.717) is 11.8 Å². The number of hydrogen-bond donors (Lipinski definition) is 0. The smallest absolute Gasteiger partial charge is 0.524 e. The van der Waals surface area contributed by atoms with E-state index in [2.05, 4.69) is 106 Å². The van der Waals surface area contributed by atoms with Crippen molar-refractivity contribution in [3.05, 3.63) is 83.4 Å². The third-order valence-corrected chi connectivity index (χ3v) is 5.61. The van der Waals surface area contributed by atoms with E-state index < -0.39 is 0 Å². The van der Waals surface area contributed by atoms with Crippen LogP contribution < -0.4 is 14.9 Å². The number of anilines is 2. The van der Waals surface area contributed by atoms with Gasteiger partial charge in [0.2, 0.25) is 0 Å². The summed E-state index contributed by atoms with van der Waals surface area (Å²) in [4.78, 5) is 2.37. The Balaban J connectivity index is 1.97. The lowest BCUT2D eigenvalue weighted by atomic mass is 9.63. The summed E-state index contributed by atoms with van der Waals surface area (Å²) in [5.41, 5.74) is 7.61. The van der Waals surface area contributed by atoms with Crippen molar-refractivity contribution in [3.8, 4) is 5.75 Å². The summed E-state index contributed by atoms with van der Waals surface area (Å²) in [6.45, 7) is 11.2. The van der Waals surface area contributed by atoms with Crippen LogP contribution in [0, 0.1) is 6.92 Å². The van der Waals surface area contributed by atoms with Gasteiger partial charge in [-0.25, -0.2) is 0 Å². The van der Waals surface area contributed by atoms with Gasteiger partial charge >= 0.3 is 7.05 Å². The maximum Gasteiger partial charge on any atom is 0.524 e. The number of benzene rings is 3. The summed E-state index contributed by atoms with van der Waals surface area (Å²) >= 11 is 0. The van der Waals surface area contributed by atoms with Gasteiger partial charge in [0.25, 0.3) is 0 Å². The molecular formula is C25H28BNO. The molecule has 4 rings (SSSR count). The fraction of sp³-hybridized carbons (Fsp3) is 0.280. The minimum absolute atomic E-state index is 0.158. The largest absolute Gasteiger partial charge is 0.536 e. The van der Waals surface area contributed by atoms with Crippen molar-refractivity contribution in [2.45, 2.75) is 46.5 Å². The molecule has 2 nitrogen and oxygen atoms in total. The molecule has 0 aliphatic carbocycles. The molecule has 0 spiro atoms. The highest BCUT2D eigenvalue weighted by atomic mass is 16.5. The zero-order valence-electron chi connectivity index (χ0n) is 17.4. The lowest BCUT2D eigenvalue weighted by molar-refractivity contribution is 0.601. The molecular weight excluding hydrogens is 341 g/mol. The molecule has 1 aliphatic heterocycles. The summed E-state index contributed by atoms with van der Waals surface area (Å²) in [6.07, 6.45) is 0. The zero-order chi connectivity index (χ0) is 19.8. The topological polar surface area (TPSA) is 12.5 Å². The predicted molar refractivity (Wildman–Crippen MR) is 120 cm³/mol. The molecule has 28 heavy (non-hydrogen) atoms.